The van der Waals surface area contributed by atoms with Crippen molar-refractivity contribution in [1.29, 1.82) is 0 Å². The first-order valence-corrected chi connectivity index (χ1v) is 10.4. The average molecular weight is 433 g/mol. The van der Waals surface area contributed by atoms with Gasteiger partial charge in [0.25, 0.3) is 0 Å². The molecular weight excluding hydrogens is 400 g/mol. The summed E-state index contributed by atoms with van der Waals surface area (Å²) >= 11 is 0. The van der Waals surface area contributed by atoms with Crippen LogP contribution >= 0.6 is 12.4 Å². The lowest BCUT2D eigenvalue weighted by Crippen LogP contribution is -2.40. The van der Waals surface area contributed by atoms with Crippen molar-refractivity contribution < 1.29 is 14.3 Å². The molecule has 1 atom stereocenters. The Balaban J connectivity index is 0.00000320. The van der Waals surface area contributed by atoms with Gasteiger partial charge in [0.05, 0.1) is 13.2 Å². The third kappa shape index (κ3) is 7.98. The Morgan fingerprint density at radius 2 is 1.87 bits per heavy atom. The van der Waals surface area contributed by atoms with E-state index in [0.29, 0.717) is 19.1 Å². The highest BCUT2D eigenvalue weighted by Gasteiger charge is 2.21. The van der Waals surface area contributed by atoms with E-state index < -0.39 is 0 Å². The molecule has 1 fully saturated rings. The highest BCUT2D eigenvalue weighted by molar-refractivity contribution is 5.85. The minimum Gasteiger partial charge on any atom is -0.489 e. The molecule has 1 aliphatic rings. The van der Waals surface area contributed by atoms with Crippen LogP contribution in [0.4, 0.5) is 0 Å². The van der Waals surface area contributed by atoms with E-state index in [1.807, 2.05) is 44.4 Å². The second kappa shape index (κ2) is 12.6. The van der Waals surface area contributed by atoms with Crippen LogP contribution in [0.25, 0.3) is 0 Å². The van der Waals surface area contributed by atoms with Crippen LogP contribution < -0.4 is 4.74 Å². The second-order valence-electron chi connectivity index (χ2n) is 7.92. The molecule has 1 unspecified atom stereocenters. The Bertz CT molecular complexity index is 764. The molecule has 0 saturated carbocycles. The fourth-order valence-corrected chi connectivity index (χ4v) is 3.48. The van der Waals surface area contributed by atoms with Gasteiger partial charge in [-0.25, -0.2) is 0 Å². The van der Waals surface area contributed by atoms with E-state index >= 15 is 0 Å². The molecule has 2 aromatic carbocycles. The monoisotopic (exact) mass is 432 g/mol. The lowest BCUT2D eigenvalue weighted by molar-refractivity contribution is -0.130. The van der Waals surface area contributed by atoms with E-state index in [4.69, 9.17) is 9.47 Å². The fraction of sp³-hybridized carbons (Fsp3) is 0.458. The molecule has 1 heterocycles. The number of hydrogen-bond donors (Lipinski definition) is 0. The molecule has 5 nitrogen and oxygen atoms in total. The molecule has 30 heavy (non-hydrogen) atoms. The Kier molecular flexibility index (Phi) is 10.1. The van der Waals surface area contributed by atoms with Crippen molar-refractivity contribution in [2.24, 2.45) is 5.92 Å². The van der Waals surface area contributed by atoms with Crippen molar-refractivity contribution in [2.45, 2.75) is 19.4 Å². The standard InChI is InChI=1S/C24H32N2O3.ClH/c1-25(2)24(27)17-26(16-22-12-14-28-18-22)13-11-20-9-6-10-23(15-20)29-19-21-7-4-3-5-8-21;/h3-10,15,22H,11-14,16-19H2,1-2H3;1H. The van der Waals surface area contributed by atoms with Gasteiger partial charge in [-0.15, -0.1) is 12.4 Å². The van der Waals surface area contributed by atoms with Crippen LogP contribution in [0.1, 0.15) is 17.5 Å². The van der Waals surface area contributed by atoms with Crippen LogP contribution in [-0.2, 0) is 22.6 Å². The van der Waals surface area contributed by atoms with Crippen molar-refractivity contribution in [2.75, 3.05) is 46.9 Å². The summed E-state index contributed by atoms with van der Waals surface area (Å²) in [6, 6.07) is 18.4. The minimum atomic E-state index is 0. The SMILES string of the molecule is CN(C)C(=O)CN(CCc1cccc(OCc2ccccc2)c1)CC1CCOC1.Cl. The summed E-state index contributed by atoms with van der Waals surface area (Å²) in [5.74, 6) is 1.54. The summed E-state index contributed by atoms with van der Waals surface area (Å²) in [6.45, 7) is 4.40. The number of likely N-dealkylation sites (N-methyl/N-ethyl adjacent to an activating group) is 1. The van der Waals surface area contributed by atoms with Crippen LogP contribution in [0.3, 0.4) is 0 Å². The van der Waals surface area contributed by atoms with Gasteiger partial charge in [0.15, 0.2) is 0 Å². The number of nitrogens with zero attached hydrogens (tertiary/aromatic N) is 2. The molecule has 0 bridgehead atoms. The van der Waals surface area contributed by atoms with Crippen molar-refractivity contribution >= 4 is 18.3 Å². The van der Waals surface area contributed by atoms with Crippen molar-refractivity contribution in [3.63, 3.8) is 0 Å². The maximum absolute atomic E-state index is 12.2. The first-order chi connectivity index (χ1) is 14.1. The summed E-state index contributed by atoms with van der Waals surface area (Å²) in [5, 5.41) is 0. The molecule has 0 N–H and O–H groups in total. The van der Waals surface area contributed by atoms with Crippen molar-refractivity contribution in [1.82, 2.24) is 9.80 Å². The van der Waals surface area contributed by atoms with Gasteiger partial charge in [-0.2, -0.15) is 0 Å². The summed E-state index contributed by atoms with van der Waals surface area (Å²) in [6.07, 6.45) is 1.96. The molecular formula is C24H33ClN2O3. The number of hydrogen-bond acceptors (Lipinski definition) is 4. The highest BCUT2D eigenvalue weighted by atomic mass is 35.5. The molecule has 2 aromatic rings. The molecule has 164 valence electrons. The lowest BCUT2D eigenvalue weighted by Gasteiger charge is -2.26. The molecule has 6 heteroatoms. The van der Waals surface area contributed by atoms with E-state index in [1.54, 1.807) is 4.90 Å². The van der Waals surface area contributed by atoms with Gasteiger partial charge >= 0.3 is 0 Å². The zero-order valence-corrected chi connectivity index (χ0v) is 18.8. The predicted octanol–water partition coefficient (Wildman–Crippen LogP) is 3.66. The molecule has 1 saturated heterocycles. The molecule has 0 aliphatic carbocycles. The van der Waals surface area contributed by atoms with Crippen LogP contribution in [0.15, 0.2) is 54.6 Å². The van der Waals surface area contributed by atoms with E-state index in [1.165, 1.54) is 5.56 Å². The Morgan fingerprint density at radius 3 is 2.57 bits per heavy atom. The van der Waals surface area contributed by atoms with Crippen molar-refractivity contribution in [3.05, 3.63) is 65.7 Å². The molecule has 3 rings (SSSR count). The Morgan fingerprint density at radius 1 is 1.10 bits per heavy atom. The van der Waals surface area contributed by atoms with Crippen LogP contribution in [0, 0.1) is 5.92 Å². The molecule has 0 radical (unpaired) electrons. The third-order valence-corrected chi connectivity index (χ3v) is 5.26. The summed E-state index contributed by atoms with van der Waals surface area (Å²) in [4.78, 5) is 16.2. The molecule has 0 spiro atoms. The quantitative estimate of drug-likeness (QED) is 0.574. The van der Waals surface area contributed by atoms with Gasteiger partial charge in [-0.3, -0.25) is 9.69 Å². The van der Waals surface area contributed by atoms with Gasteiger partial charge < -0.3 is 14.4 Å². The number of ether oxygens (including phenoxy) is 2. The molecule has 0 aromatic heterocycles. The van der Waals surface area contributed by atoms with E-state index in [2.05, 4.69) is 29.2 Å². The Hall–Kier alpha value is -2.08. The van der Waals surface area contributed by atoms with Gasteiger partial charge in [0.2, 0.25) is 5.91 Å². The lowest BCUT2D eigenvalue weighted by atomic mass is 10.1. The average Bonchev–Trinajstić information content (AvgIpc) is 3.24. The first kappa shape index (κ1) is 24.2. The zero-order valence-electron chi connectivity index (χ0n) is 18.0. The summed E-state index contributed by atoms with van der Waals surface area (Å²) in [5.41, 5.74) is 2.38. The predicted molar refractivity (Wildman–Crippen MR) is 122 cm³/mol. The minimum absolute atomic E-state index is 0. The van der Waals surface area contributed by atoms with Crippen LogP contribution in [0.5, 0.6) is 5.75 Å². The topological polar surface area (TPSA) is 42.0 Å². The number of rotatable bonds is 10. The maximum atomic E-state index is 12.2. The van der Waals surface area contributed by atoms with E-state index in [0.717, 1.165) is 50.5 Å². The van der Waals surface area contributed by atoms with Crippen LogP contribution in [-0.4, -0.2) is 62.7 Å². The normalized spacial score (nSPS) is 15.6. The summed E-state index contributed by atoms with van der Waals surface area (Å²) < 4.78 is 11.5. The molecule has 1 amide bonds. The molecule has 1 aliphatic heterocycles. The number of halogens is 1. The number of benzene rings is 2. The van der Waals surface area contributed by atoms with Gasteiger partial charge in [-0.05, 0) is 42.0 Å². The summed E-state index contributed by atoms with van der Waals surface area (Å²) in [7, 11) is 3.62. The highest BCUT2D eigenvalue weighted by Crippen LogP contribution is 2.18. The second-order valence-corrected chi connectivity index (χ2v) is 7.92. The van der Waals surface area contributed by atoms with E-state index in [9.17, 15) is 4.79 Å². The zero-order chi connectivity index (χ0) is 20.5. The van der Waals surface area contributed by atoms with Crippen LogP contribution in [0.2, 0.25) is 0 Å². The van der Waals surface area contributed by atoms with Gasteiger partial charge in [0, 0.05) is 33.8 Å². The Labute approximate surface area is 186 Å². The maximum Gasteiger partial charge on any atom is 0.236 e. The third-order valence-electron chi connectivity index (χ3n) is 5.26. The van der Waals surface area contributed by atoms with Crippen molar-refractivity contribution in [3.8, 4) is 5.75 Å². The first-order valence-electron chi connectivity index (χ1n) is 10.4. The van der Waals surface area contributed by atoms with Gasteiger partial charge in [0.1, 0.15) is 12.4 Å². The number of carbonyl (C=O) groups is 1. The van der Waals surface area contributed by atoms with E-state index in [-0.39, 0.29) is 18.3 Å². The number of amides is 1. The van der Waals surface area contributed by atoms with Gasteiger partial charge in [-0.1, -0.05) is 42.5 Å². The largest absolute Gasteiger partial charge is 0.489 e. The fourth-order valence-electron chi connectivity index (χ4n) is 3.48. The number of carbonyl (C=O) groups excluding carboxylic acids is 1. The smallest absolute Gasteiger partial charge is 0.236 e.